The summed E-state index contributed by atoms with van der Waals surface area (Å²) in [6.07, 6.45) is 0. The molecule has 0 aliphatic carbocycles. The third kappa shape index (κ3) is 4.11. The van der Waals surface area contributed by atoms with E-state index < -0.39 is 5.97 Å². The van der Waals surface area contributed by atoms with Crippen LogP contribution in [0.3, 0.4) is 0 Å². The number of carbonyl (C=O) groups is 2. The first kappa shape index (κ1) is 14.1. The lowest BCUT2D eigenvalue weighted by atomic mass is 10.2. The summed E-state index contributed by atoms with van der Waals surface area (Å²) in [5.74, 6) is 4.42. The van der Waals surface area contributed by atoms with E-state index in [2.05, 4.69) is 11.8 Å². The van der Waals surface area contributed by atoms with Gasteiger partial charge < -0.3 is 10.0 Å². The maximum Gasteiger partial charge on any atom is 0.317 e. The minimum Gasteiger partial charge on any atom is -0.480 e. The van der Waals surface area contributed by atoms with E-state index >= 15 is 0 Å². The van der Waals surface area contributed by atoms with Crippen molar-refractivity contribution in [3.8, 4) is 11.8 Å². The van der Waals surface area contributed by atoms with Crippen molar-refractivity contribution in [3.63, 3.8) is 0 Å². The van der Waals surface area contributed by atoms with Crippen molar-refractivity contribution in [2.24, 2.45) is 0 Å². The predicted octanol–water partition coefficient (Wildman–Crippen LogP) is 0.267. The number of hydrogen-bond donors (Lipinski definition) is 1. The molecule has 1 heterocycles. The molecular formula is C15H16N2O3. The molecule has 1 aromatic rings. The zero-order valence-corrected chi connectivity index (χ0v) is 11.1. The van der Waals surface area contributed by atoms with Gasteiger partial charge >= 0.3 is 5.97 Å². The summed E-state index contributed by atoms with van der Waals surface area (Å²) in [4.78, 5) is 26.0. The van der Waals surface area contributed by atoms with E-state index in [-0.39, 0.29) is 12.5 Å². The standard InChI is InChI=1S/C15H16N2O3/c18-14(7-6-13-4-2-1-3-5-13)17-10-8-16(9-11-17)12-15(19)20/h1-5H,8-12H2,(H,19,20). The second kappa shape index (κ2) is 6.73. The SMILES string of the molecule is O=C(O)CN1CCN(C(=O)C#Cc2ccccc2)CC1. The molecule has 1 fully saturated rings. The first-order valence-corrected chi connectivity index (χ1v) is 6.45. The maximum atomic E-state index is 11.9. The average molecular weight is 272 g/mol. The summed E-state index contributed by atoms with van der Waals surface area (Å²) >= 11 is 0. The lowest BCUT2D eigenvalue weighted by Crippen LogP contribution is -2.49. The van der Waals surface area contributed by atoms with Gasteiger partial charge in [-0.15, -0.1) is 0 Å². The number of amides is 1. The molecule has 0 aromatic heterocycles. The molecule has 1 aliphatic heterocycles. The number of benzene rings is 1. The molecule has 5 nitrogen and oxygen atoms in total. The molecule has 0 bridgehead atoms. The monoisotopic (exact) mass is 272 g/mol. The van der Waals surface area contributed by atoms with Crippen LogP contribution in [0.1, 0.15) is 5.56 Å². The Morgan fingerprint density at radius 2 is 1.75 bits per heavy atom. The van der Waals surface area contributed by atoms with E-state index in [0.29, 0.717) is 26.2 Å². The minimum absolute atomic E-state index is 0.0255. The second-order valence-electron chi connectivity index (χ2n) is 4.58. The molecule has 0 spiro atoms. The molecule has 2 rings (SSSR count). The van der Waals surface area contributed by atoms with Crippen molar-refractivity contribution in [3.05, 3.63) is 35.9 Å². The first-order valence-electron chi connectivity index (χ1n) is 6.45. The zero-order valence-electron chi connectivity index (χ0n) is 11.1. The normalized spacial score (nSPS) is 15.3. The van der Waals surface area contributed by atoms with Gasteiger partial charge in [-0.25, -0.2) is 0 Å². The van der Waals surface area contributed by atoms with E-state index in [1.54, 1.807) is 4.90 Å². The summed E-state index contributed by atoms with van der Waals surface area (Å²) in [6.45, 7) is 2.22. The molecule has 1 aromatic carbocycles. The molecule has 104 valence electrons. The number of carbonyl (C=O) groups excluding carboxylic acids is 1. The Balaban J connectivity index is 1.86. The van der Waals surface area contributed by atoms with Crippen molar-refractivity contribution >= 4 is 11.9 Å². The van der Waals surface area contributed by atoms with E-state index in [1.165, 1.54) is 0 Å². The highest BCUT2D eigenvalue weighted by atomic mass is 16.4. The molecule has 5 heteroatoms. The number of carboxylic acids is 1. The summed E-state index contributed by atoms with van der Waals surface area (Å²) in [5, 5.41) is 8.71. The van der Waals surface area contributed by atoms with Crippen LogP contribution in [-0.4, -0.2) is 59.5 Å². The topological polar surface area (TPSA) is 60.9 Å². The van der Waals surface area contributed by atoms with Crippen LogP contribution in [0.2, 0.25) is 0 Å². The quantitative estimate of drug-likeness (QED) is 0.785. The van der Waals surface area contributed by atoms with E-state index in [4.69, 9.17) is 5.11 Å². The highest BCUT2D eigenvalue weighted by molar-refractivity contribution is 5.94. The van der Waals surface area contributed by atoms with Gasteiger partial charge in [0.15, 0.2) is 0 Å². The summed E-state index contributed by atoms with van der Waals surface area (Å²) in [7, 11) is 0. The van der Waals surface area contributed by atoms with Crippen LogP contribution in [-0.2, 0) is 9.59 Å². The lowest BCUT2D eigenvalue weighted by Gasteiger charge is -2.32. The molecular weight excluding hydrogens is 256 g/mol. The number of carboxylic acid groups (broad SMARTS) is 1. The first-order chi connectivity index (χ1) is 9.65. The van der Waals surface area contributed by atoms with Gasteiger partial charge in [0.25, 0.3) is 5.91 Å². The van der Waals surface area contributed by atoms with Gasteiger partial charge in [0.1, 0.15) is 0 Å². The van der Waals surface area contributed by atoms with Gasteiger partial charge in [0, 0.05) is 37.7 Å². The minimum atomic E-state index is -0.839. The third-order valence-corrected chi connectivity index (χ3v) is 3.11. The van der Waals surface area contributed by atoms with Crippen LogP contribution in [0.4, 0.5) is 0 Å². The smallest absolute Gasteiger partial charge is 0.317 e. The van der Waals surface area contributed by atoms with Gasteiger partial charge in [-0.05, 0) is 12.1 Å². The number of rotatable bonds is 2. The molecule has 1 aliphatic rings. The Morgan fingerprint density at radius 3 is 2.35 bits per heavy atom. The van der Waals surface area contributed by atoms with Gasteiger partial charge in [-0.3, -0.25) is 14.5 Å². The Kier molecular flexibility index (Phi) is 4.75. The van der Waals surface area contributed by atoms with Crippen LogP contribution < -0.4 is 0 Å². The van der Waals surface area contributed by atoms with Crippen molar-refractivity contribution in [2.75, 3.05) is 32.7 Å². The predicted molar refractivity (Wildman–Crippen MR) is 74.0 cm³/mol. The zero-order chi connectivity index (χ0) is 14.4. The Morgan fingerprint density at radius 1 is 1.10 bits per heavy atom. The largest absolute Gasteiger partial charge is 0.480 e. The molecule has 1 N–H and O–H groups in total. The molecule has 0 saturated carbocycles. The molecule has 1 saturated heterocycles. The van der Waals surface area contributed by atoms with Crippen molar-refractivity contribution < 1.29 is 14.7 Å². The maximum absolute atomic E-state index is 11.9. The van der Waals surface area contributed by atoms with E-state index in [9.17, 15) is 9.59 Å². The molecule has 20 heavy (non-hydrogen) atoms. The van der Waals surface area contributed by atoms with Crippen LogP contribution in [0, 0.1) is 11.8 Å². The fourth-order valence-corrected chi connectivity index (χ4v) is 2.03. The van der Waals surface area contributed by atoms with Gasteiger partial charge in [-0.2, -0.15) is 0 Å². The van der Waals surface area contributed by atoms with Gasteiger partial charge in [0.2, 0.25) is 0 Å². The lowest BCUT2D eigenvalue weighted by molar-refractivity contribution is -0.139. The van der Waals surface area contributed by atoms with Crippen LogP contribution in [0.5, 0.6) is 0 Å². The number of aliphatic carboxylic acids is 1. The van der Waals surface area contributed by atoms with Crippen LogP contribution in [0.25, 0.3) is 0 Å². The van der Waals surface area contributed by atoms with Gasteiger partial charge in [0.05, 0.1) is 6.54 Å². The summed E-state index contributed by atoms with van der Waals surface area (Å²) in [6, 6.07) is 9.35. The van der Waals surface area contributed by atoms with Crippen molar-refractivity contribution in [1.29, 1.82) is 0 Å². The van der Waals surface area contributed by atoms with Crippen LogP contribution >= 0.6 is 0 Å². The number of nitrogens with zero attached hydrogens (tertiary/aromatic N) is 2. The fraction of sp³-hybridized carbons (Fsp3) is 0.333. The molecule has 0 atom stereocenters. The number of hydrogen-bond acceptors (Lipinski definition) is 3. The second-order valence-corrected chi connectivity index (χ2v) is 4.58. The Labute approximate surface area is 117 Å². The summed E-state index contributed by atoms with van der Waals surface area (Å²) in [5.41, 5.74) is 0.811. The van der Waals surface area contributed by atoms with E-state index in [0.717, 1.165) is 5.56 Å². The Hall–Kier alpha value is -2.32. The van der Waals surface area contributed by atoms with Crippen molar-refractivity contribution in [1.82, 2.24) is 9.80 Å². The summed E-state index contributed by atoms with van der Waals surface area (Å²) < 4.78 is 0. The highest BCUT2D eigenvalue weighted by Crippen LogP contribution is 2.02. The Bertz CT molecular complexity index is 537. The highest BCUT2D eigenvalue weighted by Gasteiger charge is 2.20. The van der Waals surface area contributed by atoms with Crippen molar-refractivity contribution in [2.45, 2.75) is 0 Å². The molecule has 1 amide bonds. The fourth-order valence-electron chi connectivity index (χ4n) is 2.03. The van der Waals surface area contributed by atoms with Gasteiger partial charge in [-0.1, -0.05) is 24.1 Å². The number of piperazine rings is 1. The molecule has 0 radical (unpaired) electrons. The van der Waals surface area contributed by atoms with Crippen LogP contribution in [0.15, 0.2) is 30.3 Å². The third-order valence-electron chi connectivity index (χ3n) is 3.11. The average Bonchev–Trinajstić information content (AvgIpc) is 2.46. The van der Waals surface area contributed by atoms with E-state index in [1.807, 2.05) is 35.2 Å². The molecule has 0 unspecified atom stereocenters.